The van der Waals surface area contributed by atoms with Gasteiger partial charge in [0.1, 0.15) is 5.69 Å². The monoisotopic (exact) mass is 342 g/mol. The first kappa shape index (κ1) is 16.3. The first-order chi connectivity index (χ1) is 12.2. The Morgan fingerprint density at radius 1 is 1.24 bits per heavy atom. The quantitative estimate of drug-likeness (QED) is 0.848. The Bertz CT molecular complexity index is 730. The average molecular weight is 342 g/mol. The van der Waals surface area contributed by atoms with Crippen LogP contribution in [0.1, 0.15) is 47.9 Å². The molecular formula is C18H26N6O. The minimum Gasteiger partial charge on any atom is -0.329 e. The van der Waals surface area contributed by atoms with Gasteiger partial charge >= 0.3 is 0 Å². The molecule has 0 radical (unpaired) electrons. The molecule has 1 unspecified atom stereocenters. The van der Waals surface area contributed by atoms with Crippen molar-refractivity contribution in [2.24, 2.45) is 7.05 Å². The van der Waals surface area contributed by atoms with Crippen molar-refractivity contribution < 1.29 is 4.79 Å². The van der Waals surface area contributed by atoms with Crippen molar-refractivity contribution in [3.8, 4) is 0 Å². The molecule has 134 valence electrons. The molecule has 1 amide bonds. The van der Waals surface area contributed by atoms with E-state index in [1.54, 1.807) is 10.7 Å². The maximum absolute atomic E-state index is 12.8. The lowest BCUT2D eigenvalue weighted by atomic mass is 10.1. The van der Waals surface area contributed by atoms with E-state index < -0.39 is 0 Å². The van der Waals surface area contributed by atoms with Crippen molar-refractivity contribution in [1.82, 2.24) is 29.4 Å². The Morgan fingerprint density at radius 2 is 2.08 bits per heavy atom. The van der Waals surface area contributed by atoms with Crippen molar-refractivity contribution >= 4 is 5.91 Å². The molecule has 2 aliphatic rings. The van der Waals surface area contributed by atoms with Gasteiger partial charge in [-0.15, -0.1) is 0 Å². The molecule has 25 heavy (non-hydrogen) atoms. The zero-order chi connectivity index (χ0) is 17.2. The standard InChI is InChI=1S/C18H26N6O/c1-21-11-7-17(20-21)18(25)23-13-15-5-8-19-24(15)16(14-23)6-12-22-9-3-2-4-10-22/h5,7-8,11,16H,2-4,6,9-10,12-14H2,1H3. The predicted molar refractivity (Wildman–Crippen MR) is 94.1 cm³/mol. The number of aryl methyl sites for hydroxylation is 1. The van der Waals surface area contributed by atoms with Gasteiger partial charge in [0.2, 0.25) is 0 Å². The minimum absolute atomic E-state index is 0.0102. The molecule has 7 heteroatoms. The zero-order valence-corrected chi connectivity index (χ0v) is 14.8. The van der Waals surface area contributed by atoms with E-state index >= 15 is 0 Å². The molecule has 2 aromatic rings. The highest BCUT2D eigenvalue weighted by molar-refractivity contribution is 5.92. The summed E-state index contributed by atoms with van der Waals surface area (Å²) >= 11 is 0. The van der Waals surface area contributed by atoms with E-state index in [0.717, 1.165) is 18.7 Å². The second-order valence-corrected chi connectivity index (χ2v) is 7.17. The number of nitrogens with zero attached hydrogens (tertiary/aromatic N) is 6. The van der Waals surface area contributed by atoms with Crippen LogP contribution in [0.25, 0.3) is 0 Å². The van der Waals surface area contributed by atoms with Crippen molar-refractivity contribution in [3.63, 3.8) is 0 Å². The van der Waals surface area contributed by atoms with E-state index in [4.69, 9.17) is 0 Å². The van der Waals surface area contributed by atoms with Crippen molar-refractivity contribution in [3.05, 3.63) is 35.9 Å². The number of amides is 1. The van der Waals surface area contributed by atoms with Crippen LogP contribution in [0.3, 0.4) is 0 Å². The predicted octanol–water partition coefficient (Wildman–Crippen LogP) is 1.69. The van der Waals surface area contributed by atoms with Crippen LogP contribution >= 0.6 is 0 Å². The number of carbonyl (C=O) groups is 1. The molecule has 0 bridgehead atoms. The Kier molecular flexibility index (Phi) is 4.57. The van der Waals surface area contributed by atoms with Crippen LogP contribution in [-0.2, 0) is 13.6 Å². The second kappa shape index (κ2) is 7.00. The summed E-state index contributed by atoms with van der Waals surface area (Å²) in [5.41, 5.74) is 1.63. The Hall–Kier alpha value is -2.15. The lowest BCUT2D eigenvalue weighted by Crippen LogP contribution is -2.43. The van der Waals surface area contributed by atoms with Crippen molar-refractivity contribution in [1.29, 1.82) is 0 Å². The number of fused-ring (bicyclic) bond motifs is 1. The highest BCUT2D eigenvalue weighted by Crippen LogP contribution is 2.25. The summed E-state index contributed by atoms with van der Waals surface area (Å²) in [5.74, 6) is 0.0102. The third-order valence-corrected chi connectivity index (χ3v) is 5.33. The summed E-state index contributed by atoms with van der Waals surface area (Å²) in [7, 11) is 1.84. The van der Waals surface area contributed by atoms with E-state index in [1.165, 1.54) is 32.4 Å². The van der Waals surface area contributed by atoms with E-state index in [1.807, 2.05) is 30.4 Å². The van der Waals surface area contributed by atoms with Gasteiger partial charge in [0.15, 0.2) is 0 Å². The Labute approximate surface area is 148 Å². The smallest absolute Gasteiger partial charge is 0.274 e. The molecule has 1 saturated heterocycles. The summed E-state index contributed by atoms with van der Waals surface area (Å²) in [4.78, 5) is 17.3. The van der Waals surface area contributed by atoms with Crippen LogP contribution in [0.4, 0.5) is 0 Å². The molecule has 0 spiro atoms. The maximum Gasteiger partial charge on any atom is 0.274 e. The van der Waals surface area contributed by atoms with Gasteiger partial charge in [0.05, 0.1) is 18.3 Å². The highest BCUT2D eigenvalue weighted by atomic mass is 16.2. The fourth-order valence-electron chi connectivity index (χ4n) is 3.96. The number of carbonyl (C=O) groups excluding carboxylic acids is 1. The average Bonchev–Trinajstić information content (AvgIpc) is 3.28. The van der Waals surface area contributed by atoms with E-state index in [0.29, 0.717) is 18.8 Å². The van der Waals surface area contributed by atoms with E-state index in [-0.39, 0.29) is 11.9 Å². The third-order valence-electron chi connectivity index (χ3n) is 5.33. The molecule has 0 aliphatic carbocycles. The molecule has 1 fully saturated rings. The molecule has 7 nitrogen and oxygen atoms in total. The van der Waals surface area contributed by atoms with Gasteiger partial charge in [-0.2, -0.15) is 10.2 Å². The number of hydrogen-bond donors (Lipinski definition) is 0. The van der Waals surface area contributed by atoms with Crippen LogP contribution in [0, 0.1) is 0 Å². The fraction of sp³-hybridized carbons (Fsp3) is 0.611. The molecule has 2 aromatic heterocycles. The lowest BCUT2D eigenvalue weighted by molar-refractivity contribution is 0.0647. The van der Waals surface area contributed by atoms with E-state index in [9.17, 15) is 4.79 Å². The fourth-order valence-corrected chi connectivity index (χ4v) is 3.96. The molecule has 0 saturated carbocycles. The third kappa shape index (κ3) is 3.46. The normalized spacial score (nSPS) is 21.3. The maximum atomic E-state index is 12.8. The van der Waals surface area contributed by atoms with Crippen LogP contribution < -0.4 is 0 Å². The first-order valence-corrected chi connectivity index (χ1v) is 9.24. The SMILES string of the molecule is Cn1ccc(C(=O)N2Cc3ccnn3C(CCN3CCCCC3)C2)n1. The van der Waals surface area contributed by atoms with Crippen LogP contribution in [0.2, 0.25) is 0 Å². The summed E-state index contributed by atoms with van der Waals surface area (Å²) in [6, 6.07) is 4.05. The van der Waals surface area contributed by atoms with Gasteiger partial charge in [-0.05, 0) is 44.5 Å². The molecule has 4 heterocycles. The number of rotatable bonds is 4. The Morgan fingerprint density at radius 3 is 2.84 bits per heavy atom. The minimum atomic E-state index is 0.0102. The number of likely N-dealkylation sites (tertiary alicyclic amines) is 1. The molecular weight excluding hydrogens is 316 g/mol. The van der Waals surface area contributed by atoms with Gasteiger partial charge < -0.3 is 9.80 Å². The number of aromatic nitrogens is 4. The number of hydrogen-bond acceptors (Lipinski definition) is 4. The van der Waals surface area contributed by atoms with E-state index in [2.05, 4.69) is 19.8 Å². The number of piperidine rings is 1. The Balaban J connectivity index is 1.46. The molecule has 0 aromatic carbocycles. The van der Waals surface area contributed by atoms with Crippen LogP contribution in [0.15, 0.2) is 24.5 Å². The summed E-state index contributed by atoms with van der Waals surface area (Å²) in [6.45, 7) is 4.80. The highest BCUT2D eigenvalue weighted by Gasteiger charge is 2.30. The summed E-state index contributed by atoms with van der Waals surface area (Å²) in [5, 5.41) is 8.78. The second-order valence-electron chi connectivity index (χ2n) is 7.17. The van der Waals surface area contributed by atoms with Crippen LogP contribution in [-0.4, -0.2) is 61.4 Å². The molecule has 2 aliphatic heterocycles. The van der Waals surface area contributed by atoms with Gasteiger partial charge in [-0.1, -0.05) is 6.42 Å². The van der Waals surface area contributed by atoms with Gasteiger partial charge in [-0.25, -0.2) is 0 Å². The molecule has 1 atom stereocenters. The molecule has 4 rings (SSSR count). The lowest BCUT2D eigenvalue weighted by Gasteiger charge is -2.35. The van der Waals surface area contributed by atoms with Gasteiger partial charge in [0.25, 0.3) is 5.91 Å². The van der Waals surface area contributed by atoms with Crippen LogP contribution in [0.5, 0.6) is 0 Å². The van der Waals surface area contributed by atoms with Crippen molar-refractivity contribution in [2.45, 2.75) is 38.3 Å². The zero-order valence-electron chi connectivity index (χ0n) is 14.8. The van der Waals surface area contributed by atoms with Crippen molar-refractivity contribution in [2.75, 3.05) is 26.2 Å². The first-order valence-electron chi connectivity index (χ1n) is 9.24. The largest absolute Gasteiger partial charge is 0.329 e. The van der Waals surface area contributed by atoms with Gasteiger partial charge in [0, 0.05) is 32.5 Å². The molecule has 0 N–H and O–H groups in total. The summed E-state index contributed by atoms with van der Waals surface area (Å²) in [6.07, 6.45) is 8.66. The van der Waals surface area contributed by atoms with Gasteiger partial charge in [-0.3, -0.25) is 14.2 Å². The topological polar surface area (TPSA) is 59.2 Å². The summed E-state index contributed by atoms with van der Waals surface area (Å²) < 4.78 is 3.79.